The fraction of sp³-hybridized carbons (Fsp3) is 0.733. The van der Waals surface area contributed by atoms with Crippen LogP contribution in [0.15, 0.2) is 0 Å². The summed E-state index contributed by atoms with van der Waals surface area (Å²) in [6.07, 6.45) is 0.877. The number of anilines is 1. The van der Waals surface area contributed by atoms with Gasteiger partial charge in [-0.2, -0.15) is 0 Å². The summed E-state index contributed by atoms with van der Waals surface area (Å²) in [4.78, 5) is 8.93. The highest BCUT2D eigenvalue weighted by atomic mass is 35.5. The van der Waals surface area contributed by atoms with Gasteiger partial charge in [-0.3, -0.25) is 0 Å². The van der Waals surface area contributed by atoms with Gasteiger partial charge in [0, 0.05) is 11.0 Å². The quantitative estimate of drug-likeness (QED) is 0.816. The Hall–Kier alpha value is -0.870. The number of halogens is 1. The van der Waals surface area contributed by atoms with Crippen LogP contribution in [-0.2, 0) is 5.41 Å². The minimum absolute atomic E-state index is 0.0208. The van der Waals surface area contributed by atoms with Crippen molar-refractivity contribution < 1.29 is 5.11 Å². The van der Waals surface area contributed by atoms with Crippen LogP contribution in [0.3, 0.4) is 0 Å². The first kappa shape index (κ1) is 17.2. The molecule has 20 heavy (non-hydrogen) atoms. The number of nitrogens with one attached hydrogen (secondary N) is 1. The maximum atomic E-state index is 9.49. The summed E-state index contributed by atoms with van der Waals surface area (Å²) in [5.74, 6) is 1.92. The second kappa shape index (κ2) is 6.72. The molecule has 0 aliphatic carbocycles. The number of aromatic nitrogens is 2. The Morgan fingerprint density at radius 3 is 2.30 bits per heavy atom. The van der Waals surface area contributed by atoms with Crippen molar-refractivity contribution in [1.82, 2.24) is 9.97 Å². The lowest BCUT2D eigenvalue weighted by Crippen LogP contribution is -2.28. The molecule has 114 valence electrons. The number of rotatable bonds is 5. The van der Waals surface area contributed by atoms with Crippen molar-refractivity contribution in [3.63, 3.8) is 0 Å². The molecule has 0 bridgehead atoms. The Labute approximate surface area is 127 Å². The first-order valence-electron chi connectivity index (χ1n) is 7.07. The number of aliphatic hydroxyl groups is 1. The lowest BCUT2D eigenvalue weighted by atomic mass is 9.95. The van der Waals surface area contributed by atoms with Crippen LogP contribution in [0.1, 0.15) is 52.4 Å². The molecule has 1 rings (SSSR count). The molecular formula is C15H26ClN3O. The van der Waals surface area contributed by atoms with Crippen LogP contribution in [0.2, 0.25) is 5.15 Å². The molecule has 0 saturated heterocycles. The fourth-order valence-corrected chi connectivity index (χ4v) is 2.08. The minimum atomic E-state index is -0.166. The van der Waals surface area contributed by atoms with Crippen LogP contribution >= 0.6 is 11.6 Å². The Balaban J connectivity index is 3.07. The molecule has 0 aliphatic rings. The van der Waals surface area contributed by atoms with Gasteiger partial charge in [0.1, 0.15) is 16.8 Å². The minimum Gasteiger partial charge on any atom is -0.394 e. The van der Waals surface area contributed by atoms with Crippen LogP contribution in [0, 0.1) is 12.8 Å². The molecule has 1 atom stereocenters. The average Bonchev–Trinajstić information content (AvgIpc) is 2.31. The molecular weight excluding hydrogens is 274 g/mol. The van der Waals surface area contributed by atoms with Gasteiger partial charge in [0.2, 0.25) is 0 Å². The van der Waals surface area contributed by atoms with E-state index in [2.05, 4.69) is 49.9 Å². The van der Waals surface area contributed by atoms with Crippen molar-refractivity contribution in [2.24, 2.45) is 5.92 Å². The molecule has 1 unspecified atom stereocenters. The lowest BCUT2D eigenvalue weighted by Gasteiger charge is -2.23. The van der Waals surface area contributed by atoms with E-state index in [1.807, 2.05) is 6.92 Å². The van der Waals surface area contributed by atoms with Crippen LogP contribution in [0.4, 0.5) is 5.82 Å². The van der Waals surface area contributed by atoms with E-state index in [0.29, 0.717) is 16.9 Å². The standard InChI is InChI=1S/C15H26ClN3O/c1-9(2)7-11(8-20)17-13-10(3)12(16)18-14(19-13)15(4,5)6/h9,11,20H,7-8H2,1-6H3,(H,17,18,19). The van der Waals surface area contributed by atoms with E-state index < -0.39 is 0 Å². The largest absolute Gasteiger partial charge is 0.394 e. The number of aliphatic hydroxyl groups excluding tert-OH is 1. The van der Waals surface area contributed by atoms with Gasteiger partial charge < -0.3 is 10.4 Å². The molecule has 1 aromatic rings. The maximum Gasteiger partial charge on any atom is 0.137 e. The van der Waals surface area contributed by atoms with E-state index in [1.54, 1.807) is 0 Å². The van der Waals surface area contributed by atoms with Gasteiger partial charge in [-0.25, -0.2) is 9.97 Å². The molecule has 5 heteroatoms. The number of hydrogen-bond donors (Lipinski definition) is 2. The van der Waals surface area contributed by atoms with E-state index in [1.165, 1.54) is 0 Å². The van der Waals surface area contributed by atoms with Crippen LogP contribution in [0.25, 0.3) is 0 Å². The summed E-state index contributed by atoms with van der Waals surface area (Å²) in [7, 11) is 0. The van der Waals surface area contributed by atoms with Gasteiger partial charge in [-0.1, -0.05) is 46.2 Å². The van der Waals surface area contributed by atoms with Crippen molar-refractivity contribution in [2.75, 3.05) is 11.9 Å². The fourth-order valence-electron chi connectivity index (χ4n) is 1.91. The summed E-state index contributed by atoms with van der Waals surface area (Å²) >= 11 is 6.20. The third kappa shape index (κ3) is 4.60. The van der Waals surface area contributed by atoms with Crippen LogP contribution in [0.5, 0.6) is 0 Å². The zero-order chi connectivity index (χ0) is 15.5. The van der Waals surface area contributed by atoms with Crippen molar-refractivity contribution in [3.8, 4) is 0 Å². The zero-order valence-corrected chi connectivity index (χ0v) is 14.0. The van der Waals surface area contributed by atoms with Gasteiger partial charge in [0.25, 0.3) is 0 Å². The van der Waals surface area contributed by atoms with E-state index in [-0.39, 0.29) is 18.1 Å². The van der Waals surface area contributed by atoms with Crippen molar-refractivity contribution in [2.45, 2.75) is 59.4 Å². The molecule has 0 radical (unpaired) electrons. The molecule has 0 fully saturated rings. The second-order valence-electron chi connectivity index (χ2n) is 6.72. The normalized spacial score (nSPS) is 13.7. The van der Waals surface area contributed by atoms with Crippen LogP contribution < -0.4 is 5.32 Å². The topological polar surface area (TPSA) is 58.0 Å². The van der Waals surface area contributed by atoms with Crippen molar-refractivity contribution in [1.29, 1.82) is 0 Å². The Morgan fingerprint density at radius 2 is 1.85 bits per heavy atom. The highest BCUT2D eigenvalue weighted by Gasteiger charge is 2.21. The molecule has 0 spiro atoms. The van der Waals surface area contributed by atoms with Crippen molar-refractivity contribution >= 4 is 17.4 Å². The lowest BCUT2D eigenvalue weighted by molar-refractivity contribution is 0.259. The molecule has 0 saturated carbocycles. The monoisotopic (exact) mass is 299 g/mol. The number of hydrogen-bond acceptors (Lipinski definition) is 4. The first-order valence-corrected chi connectivity index (χ1v) is 7.45. The smallest absolute Gasteiger partial charge is 0.137 e. The Kier molecular flexibility index (Phi) is 5.78. The zero-order valence-electron chi connectivity index (χ0n) is 13.3. The van der Waals surface area contributed by atoms with E-state index >= 15 is 0 Å². The summed E-state index contributed by atoms with van der Waals surface area (Å²) in [6.45, 7) is 12.4. The molecule has 4 nitrogen and oxygen atoms in total. The van der Waals surface area contributed by atoms with E-state index in [0.717, 1.165) is 17.8 Å². The summed E-state index contributed by atoms with van der Waals surface area (Å²) in [5, 5.41) is 13.2. The predicted molar refractivity (Wildman–Crippen MR) is 84.4 cm³/mol. The molecule has 0 amide bonds. The maximum absolute atomic E-state index is 9.49. The molecule has 0 aromatic carbocycles. The molecule has 1 aromatic heterocycles. The summed E-state index contributed by atoms with van der Waals surface area (Å²) in [6, 6.07) is -0.0208. The molecule has 2 N–H and O–H groups in total. The third-order valence-corrected chi connectivity index (χ3v) is 3.44. The average molecular weight is 300 g/mol. The third-order valence-electron chi connectivity index (χ3n) is 3.07. The van der Waals surface area contributed by atoms with Gasteiger partial charge in [-0.05, 0) is 19.3 Å². The molecule has 0 aliphatic heterocycles. The SMILES string of the molecule is Cc1c(Cl)nc(C(C)(C)C)nc1NC(CO)CC(C)C. The number of nitrogens with zero attached hydrogens (tertiary/aromatic N) is 2. The van der Waals surface area contributed by atoms with Gasteiger partial charge >= 0.3 is 0 Å². The summed E-state index contributed by atoms with van der Waals surface area (Å²) < 4.78 is 0. The van der Waals surface area contributed by atoms with Gasteiger partial charge in [0.15, 0.2) is 0 Å². The highest BCUT2D eigenvalue weighted by Crippen LogP contribution is 2.26. The first-order chi connectivity index (χ1) is 9.15. The second-order valence-corrected chi connectivity index (χ2v) is 7.07. The highest BCUT2D eigenvalue weighted by molar-refractivity contribution is 6.30. The van der Waals surface area contributed by atoms with Crippen LogP contribution in [-0.4, -0.2) is 27.7 Å². The Morgan fingerprint density at radius 1 is 1.25 bits per heavy atom. The van der Waals surface area contributed by atoms with E-state index in [4.69, 9.17) is 11.6 Å². The Bertz CT molecular complexity index is 455. The summed E-state index contributed by atoms with van der Waals surface area (Å²) in [5.41, 5.74) is 0.655. The predicted octanol–water partition coefficient (Wildman–Crippen LogP) is 3.55. The molecule has 1 heterocycles. The van der Waals surface area contributed by atoms with Crippen molar-refractivity contribution in [3.05, 3.63) is 16.5 Å². The van der Waals surface area contributed by atoms with Gasteiger partial charge in [-0.15, -0.1) is 0 Å². The van der Waals surface area contributed by atoms with Gasteiger partial charge in [0.05, 0.1) is 12.6 Å². The van der Waals surface area contributed by atoms with E-state index in [9.17, 15) is 5.11 Å².